The molecule has 2 N–H and O–H groups in total. The molecule has 0 aromatic rings. The molecule has 0 spiro atoms. The number of hydrogen-bond acceptors (Lipinski definition) is 2. The van der Waals surface area contributed by atoms with Crippen LogP contribution in [0.1, 0.15) is 34.1 Å². The van der Waals surface area contributed by atoms with Gasteiger partial charge in [0.05, 0.1) is 0 Å². The van der Waals surface area contributed by atoms with Crippen LogP contribution < -0.4 is 10.6 Å². The van der Waals surface area contributed by atoms with Crippen molar-refractivity contribution in [3.8, 4) is 0 Å². The summed E-state index contributed by atoms with van der Waals surface area (Å²) >= 11 is 0. The molecule has 0 fully saturated rings. The fourth-order valence-corrected chi connectivity index (χ4v) is 1.01. The van der Waals surface area contributed by atoms with Gasteiger partial charge in [0.25, 0.3) is 0 Å². The molecule has 0 saturated heterocycles. The Balaban J connectivity index is 3.24. The summed E-state index contributed by atoms with van der Waals surface area (Å²) in [6.45, 7) is 12.2. The van der Waals surface area contributed by atoms with Crippen LogP contribution in [0.3, 0.4) is 0 Å². The van der Waals surface area contributed by atoms with E-state index in [9.17, 15) is 0 Å². The third-order valence-electron chi connectivity index (χ3n) is 2.17. The molecule has 12 heavy (non-hydrogen) atoms. The highest BCUT2D eigenvalue weighted by molar-refractivity contribution is 4.63. The largest absolute Gasteiger partial charge is 0.317 e. The van der Waals surface area contributed by atoms with Crippen LogP contribution >= 0.6 is 0 Å². The van der Waals surface area contributed by atoms with E-state index in [4.69, 9.17) is 0 Å². The van der Waals surface area contributed by atoms with Gasteiger partial charge in [-0.3, -0.25) is 0 Å². The molecule has 74 valence electrons. The molecule has 2 unspecified atom stereocenters. The van der Waals surface area contributed by atoms with E-state index in [1.165, 1.54) is 6.42 Å². The Bertz CT molecular complexity index is 93.8. The van der Waals surface area contributed by atoms with Gasteiger partial charge in [-0.15, -0.1) is 0 Å². The lowest BCUT2D eigenvalue weighted by molar-refractivity contribution is 0.437. The Morgan fingerprint density at radius 2 is 1.75 bits per heavy atom. The predicted octanol–water partition coefficient (Wildman–Crippen LogP) is 1.62. The Morgan fingerprint density at radius 3 is 2.25 bits per heavy atom. The lowest BCUT2D eigenvalue weighted by Crippen LogP contribution is -2.34. The molecule has 0 aromatic carbocycles. The highest BCUT2D eigenvalue weighted by Gasteiger charge is 2.02. The summed E-state index contributed by atoms with van der Waals surface area (Å²) in [6, 6.07) is 0.661. The van der Waals surface area contributed by atoms with E-state index in [0.717, 1.165) is 25.6 Å². The number of rotatable bonds is 7. The second kappa shape index (κ2) is 7.56. The third kappa shape index (κ3) is 6.62. The van der Waals surface area contributed by atoms with Crippen molar-refractivity contribution < 1.29 is 0 Å². The summed E-state index contributed by atoms with van der Waals surface area (Å²) < 4.78 is 0. The van der Waals surface area contributed by atoms with Gasteiger partial charge in [-0.1, -0.05) is 20.8 Å². The lowest BCUT2D eigenvalue weighted by Gasteiger charge is -2.16. The molecule has 0 amide bonds. The standard InChI is InChI=1S/C10H24N2/c1-5-10(4)12-8-9(3)7-11-6-2/h9-12H,5-8H2,1-4H3. The van der Waals surface area contributed by atoms with Gasteiger partial charge in [0.15, 0.2) is 0 Å². The van der Waals surface area contributed by atoms with Gasteiger partial charge in [0.2, 0.25) is 0 Å². The maximum absolute atomic E-state index is 3.50. The van der Waals surface area contributed by atoms with E-state index >= 15 is 0 Å². The molecule has 0 aromatic heterocycles. The zero-order chi connectivity index (χ0) is 9.40. The second-order valence-corrected chi connectivity index (χ2v) is 3.63. The molecule has 0 aliphatic rings. The van der Waals surface area contributed by atoms with E-state index in [-0.39, 0.29) is 0 Å². The van der Waals surface area contributed by atoms with E-state index in [2.05, 4.69) is 38.3 Å². The van der Waals surface area contributed by atoms with Gasteiger partial charge in [-0.2, -0.15) is 0 Å². The van der Waals surface area contributed by atoms with E-state index in [1.54, 1.807) is 0 Å². The fraction of sp³-hybridized carbons (Fsp3) is 1.00. The maximum atomic E-state index is 3.50. The van der Waals surface area contributed by atoms with Crippen LogP contribution in [0.15, 0.2) is 0 Å². The van der Waals surface area contributed by atoms with Crippen molar-refractivity contribution in [3.05, 3.63) is 0 Å². The SMILES string of the molecule is CCNCC(C)CNC(C)CC. The van der Waals surface area contributed by atoms with Crippen molar-refractivity contribution >= 4 is 0 Å². The molecule has 2 nitrogen and oxygen atoms in total. The lowest BCUT2D eigenvalue weighted by atomic mass is 10.1. The maximum Gasteiger partial charge on any atom is 0.00362 e. The van der Waals surface area contributed by atoms with E-state index in [0.29, 0.717) is 6.04 Å². The molecule has 0 rings (SSSR count). The van der Waals surface area contributed by atoms with Crippen molar-refractivity contribution in [1.29, 1.82) is 0 Å². The zero-order valence-electron chi connectivity index (χ0n) is 8.98. The molecule has 0 bridgehead atoms. The molecule has 0 saturated carbocycles. The monoisotopic (exact) mass is 172 g/mol. The van der Waals surface area contributed by atoms with E-state index < -0.39 is 0 Å². The molecule has 0 heterocycles. The van der Waals surface area contributed by atoms with Crippen LogP contribution in [-0.2, 0) is 0 Å². The van der Waals surface area contributed by atoms with Crippen LogP contribution in [0.2, 0.25) is 0 Å². The smallest absolute Gasteiger partial charge is 0.00362 e. The predicted molar refractivity (Wildman–Crippen MR) is 55.5 cm³/mol. The summed E-state index contributed by atoms with van der Waals surface area (Å²) in [4.78, 5) is 0. The molecular formula is C10H24N2. The van der Waals surface area contributed by atoms with Gasteiger partial charge < -0.3 is 10.6 Å². The average Bonchev–Trinajstić information content (AvgIpc) is 2.10. The summed E-state index contributed by atoms with van der Waals surface area (Å²) in [5, 5.41) is 6.85. The Labute approximate surface area is 77.1 Å². The minimum Gasteiger partial charge on any atom is -0.317 e. The normalized spacial score (nSPS) is 16.0. The first kappa shape index (κ1) is 11.9. The number of hydrogen-bond donors (Lipinski definition) is 2. The van der Waals surface area contributed by atoms with Crippen LogP contribution in [0, 0.1) is 5.92 Å². The second-order valence-electron chi connectivity index (χ2n) is 3.63. The summed E-state index contributed by atoms with van der Waals surface area (Å²) in [6.07, 6.45) is 1.22. The van der Waals surface area contributed by atoms with Crippen molar-refractivity contribution in [1.82, 2.24) is 10.6 Å². The molecule has 0 radical (unpaired) electrons. The zero-order valence-corrected chi connectivity index (χ0v) is 8.98. The van der Waals surface area contributed by atoms with Crippen molar-refractivity contribution in [2.75, 3.05) is 19.6 Å². The first-order valence-electron chi connectivity index (χ1n) is 5.14. The first-order valence-corrected chi connectivity index (χ1v) is 5.14. The Morgan fingerprint density at radius 1 is 1.08 bits per heavy atom. The fourth-order valence-electron chi connectivity index (χ4n) is 1.01. The Hall–Kier alpha value is -0.0800. The molecule has 0 aliphatic carbocycles. The Kier molecular flexibility index (Phi) is 7.51. The van der Waals surface area contributed by atoms with Gasteiger partial charge in [-0.25, -0.2) is 0 Å². The van der Waals surface area contributed by atoms with Crippen molar-refractivity contribution in [2.24, 2.45) is 5.92 Å². The highest BCUT2D eigenvalue weighted by Crippen LogP contribution is 1.93. The number of nitrogens with one attached hydrogen (secondary N) is 2. The van der Waals surface area contributed by atoms with Crippen LogP contribution in [0.5, 0.6) is 0 Å². The molecule has 2 heteroatoms. The minimum absolute atomic E-state index is 0.661. The first-order chi connectivity index (χ1) is 5.70. The van der Waals surface area contributed by atoms with Crippen LogP contribution in [0.4, 0.5) is 0 Å². The quantitative estimate of drug-likeness (QED) is 0.610. The minimum atomic E-state index is 0.661. The summed E-state index contributed by atoms with van der Waals surface area (Å²) in [5.74, 6) is 0.735. The topological polar surface area (TPSA) is 24.1 Å². The van der Waals surface area contributed by atoms with Gasteiger partial charge >= 0.3 is 0 Å². The summed E-state index contributed by atoms with van der Waals surface area (Å²) in [7, 11) is 0. The van der Waals surface area contributed by atoms with Crippen LogP contribution in [0.25, 0.3) is 0 Å². The van der Waals surface area contributed by atoms with Crippen LogP contribution in [-0.4, -0.2) is 25.7 Å². The highest BCUT2D eigenvalue weighted by atomic mass is 14.9. The van der Waals surface area contributed by atoms with E-state index in [1.807, 2.05) is 0 Å². The molecular weight excluding hydrogens is 148 g/mol. The molecule has 0 aliphatic heterocycles. The van der Waals surface area contributed by atoms with Gasteiger partial charge in [0, 0.05) is 6.04 Å². The third-order valence-corrected chi connectivity index (χ3v) is 2.17. The average molecular weight is 172 g/mol. The molecule has 2 atom stereocenters. The van der Waals surface area contributed by atoms with Crippen molar-refractivity contribution in [3.63, 3.8) is 0 Å². The van der Waals surface area contributed by atoms with Crippen molar-refractivity contribution in [2.45, 2.75) is 40.2 Å². The summed E-state index contributed by atoms with van der Waals surface area (Å²) in [5.41, 5.74) is 0. The van der Waals surface area contributed by atoms with Gasteiger partial charge in [-0.05, 0) is 38.9 Å². The van der Waals surface area contributed by atoms with Gasteiger partial charge in [0.1, 0.15) is 0 Å².